The van der Waals surface area contributed by atoms with Crippen molar-refractivity contribution in [3.8, 4) is 0 Å². The second kappa shape index (κ2) is 5.47. The number of rotatable bonds is 1. The van der Waals surface area contributed by atoms with Gasteiger partial charge in [0.15, 0.2) is 5.78 Å². The number of hydrogen-bond acceptors (Lipinski definition) is 2. The predicted molar refractivity (Wildman–Crippen MR) is 84.6 cm³/mol. The average Bonchev–Trinajstić information content (AvgIpc) is 2.49. The van der Waals surface area contributed by atoms with Gasteiger partial charge in [0, 0.05) is 11.0 Å². The molecule has 3 heteroatoms. The molecular formula is C19H21FO2. The van der Waals surface area contributed by atoms with Crippen LogP contribution in [-0.2, 0) is 4.79 Å². The molecule has 0 aliphatic heterocycles. The Hall–Kier alpha value is -1.74. The van der Waals surface area contributed by atoms with Crippen LogP contribution in [0.4, 0.5) is 4.39 Å². The molecule has 2 aliphatic rings. The van der Waals surface area contributed by atoms with Crippen LogP contribution in [0.5, 0.6) is 0 Å². The van der Waals surface area contributed by atoms with E-state index in [1.807, 2.05) is 13.0 Å². The van der Waals surface area contributed by atoms with Gasteiger partial charge in [-0.05, 0) is 55.0 Å². The maximum Gasteiger partial charge on any atom is 0.182 e. The first-order chi connectivity index (χ1) is 10.4. The molecule has 0 spiro atoms. The zero-order valence-electron chi connectivity index (χ0n) is 13.0. The minimum atomic E-state index is -0.424. The number of aliphatic hydroxyl groups is 1. The molecule has 3 rings (SSSR count). The van der Waals surface area contributed by atoms with Gasteiger partial charge in [0.1, 0.15) is 5.82 Å². The quantitative estimate of drug-likeness (QED) is 0.799. The van der Waals surface area contributed by atoms with Crippen molar-refractivity contribution < 1.29 is 14.3 Å². The highest BCUT2D eigenvalue weighted by Gasteiger charge is 2.48. The van der Waals surface area contributed by atoms with Gasteiger partial charge >= 0.3 is 0 Å². The minimum Gasteiger partial charge on any atom is -0.392 e. The largest absolute Gasteiger partial charge is 0.392 e. The average molecular weight is 300 g/mol. The van der Waals surface area contributed by atoms with Crippen LogP contribution in [0.15, 0.2) is 41.5 Å². The predicted octanol–water partition coefficient (Wildman–Crippen LogP) is 3.91. The number of carbonyl (C=O) groups is 1. The number of benzene rings is 1. The summed E-state index contributed by atoms with van der Waals surface area (Å²) in [6.07, 6.45) is 5.69. The summed E-state index contributed by atoms with van der Waals surface area (Å²) < 4.78 is 13.0. The third kappa shape index (κ3) is 2.34. The number of halogens is 1. The Morgan fingerprint density at radius 2 is 2.00 bits per heavy atom. The van der Waals surface area contributed by atoms with Crippen LogP contribution in [0.3, 0.4) is 0 Å². The fourth-order valence-corrected chi connectivity index (χ4v) is 3.78. The van der Waals surface area contributed by atoms with Crippen molar-refractivity contribution in [3.63, 3.8) is 0 Å². The maximum absolute atomic E-state index is 13.0. The molecule has 3 atom stereocenters. The minimum absolute atomic E-state index is 0.0124. The van der Waals surface area contributed by atoms with Gasteiger partial charge in [-0.25, -0.2) is 4.39 Å². The summed E-state index contributed by atoms with van der Waals surface area (Å²) >= 11 is 0. The van der Waals surface area contributed by atoms with E-state index < -0.39 is 6.10 Å². The number of allylic oxidation sites excluding steroid dienone is 2. The summed E-state index contributed by atoms with van der Waals surface area (Å²) in [5.74, 6) is -0.333. The highest BCUT2D eigenvalue weighted by Crippen LogP contribution is 2.51. The van der Waals surface area contributed by atoms with Crippen LogP contribution < -0.4 is 0 Å². The zero-order valence-corrected chi connectivity index (χ0v) is 13.0. The van der Waals surface area contributed by atoms with Gasteiger partial charge in [-0.1, -0.05) is 31.6 Å². The molecule has 0 amide bonds. The fourth-order valence-electron chi connectivity index (χ4n) is 3.78. The van der Waals surface area contributed by atoms with Crippen molar-refractivity contribution in [1.29, 1.82) is 0 Å². The van der Waals surface area contributed by atoms with Gasteiger partial charge in [-0.3, -0.25) is 4.79 Å². The fraction of sp³-hybridized carbons (Fsp3) is 0.421. The Bertz CT molecular complexity index is 657. The standard InChI is InChI=1S/C19H21FO2/c1-12-16(10-13-6-8-15(20)9-7-13)17(21)11-14-4-3-5-18(22)19(12,14)2/h6-12,18,22H,3-5H2,1-2H3/t12-,18-,19-/m0/s1. The summed E-state index contributed by atoms with van der Waals surface area (Å²) in [5.41, 5.74) is 2.19. The molecule has 1 saturated carbocycles. The van der Waals surface area contributed by atoms with E-state index in [9.17, 15) is 14.3 Å². The first-order valence-corrected chi connectivity index (χ1v) is 7.83. The molecule has 2 aliphatic carbocycles. The lowest BCUT2D eigenvalue weighted by molar-refractivity contribution is -0.113. The van der Waals surface area contributed by atoms with E-state index in [0.29, 0.717) is 5.57 Å². The normalized spacial score (nSPS) is 33.5. The molecule has 1 fully saturated rings. The van der Waals surface area contributed by atoms with Gasteiger partial charge in [0.25, 0.3) is 0 Å². The van der Waals surface area contributed by atoms with Crippen molar-refractivity contribution in [2.75, 3.05) is 0 Å². The Kier molecular flexibility index (Phi) is 3.77. The molecule has 1 aromatic carbocycles. The van der Waals surface area contributed by atoms with E-state index in [1.165, 1.54) is 12.1 Å². The van der Waals surface area contributed by atoms with E-state index >= 15 is 0 Å². The third-order valence-corrected chi connectivity index (χ3v) is 5.46. The maximum atomic E-state index is 13.0. The summed E-state index contributed by atoms with van der Waals surface area (Å²) in [5, 5.41) is 10.5. The molecule has 0 aromatic heterocycles. The van der Waals surface area contributed by atoms with Gasteiger partial charge in [-0.2, -0.15) is 0 Å². The lowest BCUT2D eigenvalue weighted by Crippen LogP contribution is -2.46. The molecule has 2 nitrogen and oxygen atoms in total. The summed E-state index contributed by atoms with van der Waals surface area (Å²) in [6, 6.07) is 6.12. The van der Waals surface area contributed by atoms with Crippen molar-refractivity contribution in [2.24, 2.45) is 11.3 Å². The monoisotopic (exact) mass is 300 g/mol. The number of hydrogen-bond donors (Lipinski definition) is 1. The van der Waals surface area contributed by atoms with Crippen LogP contribution in [0, 0.1) is 17.2 Å². The second-order valence-electron chi connectivity index (χ2n) is 6.60. The van der Waals surface area contributed by atoms with Crippen molar-refractivity contribution in [1.82, 2.24) is 0 Å². The number of carbonyl (C=O) groups excluding carboxylic acids is 1. The summed E-state index contributed by atoms with van der Waals surface area (Å²) in [4.78, 5) is 12.5. The van der Waals surface area contributed by atoms with Crippen LogP contribution in [-0.4, -0.2) is 17.0 Å². The Labute approximate surface area is 130 Å². The van der Waals surface area contributed by atoms with Gasteiger partial charge in [0.05, 0.1) is 6.10 Å². The Balaban J connectivity index is 2.04. The molecule has 0 saturated heterocycles. The van der Waals surface area contributed by atoms with Crippen LogP contribution in [0.25, 0.3) is 6.08 Å². The van der Waals surface area contributed by atoms with E-state index in [0.717, 1.165) is 30.4 Å². The van der Waals surface area contributed by atoms with Gasteiger partial charge in [-0.15, -0.1) is 0 Å². The molecule has 0 unspecified atom stereocenters. The molecule has 0 radical (unpaired) electrons. The first-order valence-electron chi connectivity index (χ1n) is 7.83. The molecule has 0 heterocycles. The van der Waals surface area contributed by atoms with E-state index in [4.69, 9.17) is 0 Å². The molecule has 1 aromatic rings. The van der Waals surface area contributed by atoms with Crippen molar-refractivity contribution in [2.45, 2.75) is 39.2 Å². The van der Waals surface area contributed by atoms with Crippen molar-refractivity contribution in [3.05, 3.63) is 52.9 Å². The molecular weight excluding hydrogens is 279 g/mol. The molecule has 1 N–H and O–H groups in total. The highest BCUT2D eigenvalue weighted by molar-refractivity contribution is 6.09. The van der Waals surface area contributed by atoms with Crippen LogP contribution >= 0.6 is 0 Å². The third-order valence-electron chi connectivity index (χ3n) is 5.46. The SMILES string of the molecule is C[C@H]1C(=Cc2ccc(F)cc2)C(=O)C=C2CCC[C@H](O)[C@]21C. The summed E-state index contributed by atoms with van der Waals surface area (Å²) in [6.45, 7) is 4.06. The van der Waals surface area contributed by atoms with E-state index in [-0.39, 0.29) is 22.9 Å². The number of fused-ring (bicyclic) bond motifs is 1. The topological polar surface area (TPSA) is 37.3 Å². The number of ketones is 1. The molecule has 116 valence electrons. The lowest BCUT2D eigenvalue weighted by atomic mass is 9.57. The Morgan fingerprint density at radius 3 is 2.68 bits per heavy atom. The van der Waals surface area contributed by atoms with Gasteiger partial charge < -0.3 is 5.11 Å². The lowest BCUT2D eigenvalue weighted by Gasteiger charge is -2.48. The van der Waals surface area contributed by atoms with E-state index in [2.05, 4.69) is 6.92 Å². The van der Waals surface area contributed by atoms with E-state index in [1.54, 1.807) is 18.2 Å². The molecule has 0 bridgehead atoms. The smallest absolute Gasteiger partial charge is 0.182 e. The molecule has 22 heavy (non-hydrogen) atoms. The second-order valence-corrected chi connectivity index (χ2v) is 6.60. The van der Waals surface area contributed by atoms with Crippen LogP contribution in [0.1, 0.15) is 38.7 Å². The number of aliphatic hydroxyl groups excluding tert-OH is 1. The van der Waals surface area contributed by atoms with Crippen LogP contribution in [0.2, 0.25) is 0 Å². The van der Waals surface area contributed by atoms with Crippen molar-refractivity contribution >= 4 is 11.9 Å². The highest BCUT2D eigenvalue weighted by atomic mass is 19.1. The Morgan fingerprint density at radius 1 is 1.32 bits per heavy atom. The zero-order chi connectivity index (χ0) is 15.9. The first kappa shape index (κ1) is 15.2. The van der Waals surface area contributed by atoms with Gasteiger partial charge in [0.2, 0.25) is 0 Å². The summed E-state index contributed by atoms with van der Waals surface area (Å²) in [7, 11) is 0.